The third kappa shape index (κ3) is 3.81. The minimum atomic E-state index is -0.199. The third-order valence-electron chi connectivity index (χ3n) is 2.68. The Morgan fingerprint density at radius 3 is 2.79 bits per heavy atom. The largest absolute Gasteiger partial charge is 0.338 e. The Kier molecular flexibility index (Phi) is 5.01. The van der Waals surface area contributed by atoms with Crippen molar-refractivity contribution in [1.82, 2.24) is 10.1 Å². The molecule has 4 nitrogen and oxygen atoms in total. The zero-order valence-electron chi connectivity index (χ0n) is 10.8. The van der Waals surface area contributed by atoms with Gasteiger partial charge in [-0.3, -0.25) is 0 Å². The molecular formula is C13H16BrN3OS. The summed E-state index contributed by atoms with van der Waals surface area (Å²) in [6.45, 7) is 4.06. The van der Waals surface area contributed by atoms with Gasteiger partial charge >= 0.3 is 0 Å². The number of aromatic nitrogens is 2. The summed E-state index contributed by atoms with van der Waals surface area (Å²) in [6, 6.07) is 7.86. The van der Waals surface area contributed by atoms with Gasteiger partial charge in [-0.05, 0) is 34.0 Å². The monoisotopic (exact) mass is 341 g/mol. The van der Waals surface area contributed by atoms with Crippen LogP contribution in [0.5, 0.6) is 0 Å². The lowest BCUT2D eigenvalue weighted by Gasteiger charge is -2.09. The Morgan fingerprint density at radius 1 is 1.37 bits per heavy atom. The van der Waals surface area contributed by atoms with Gasteiger partial charge in [0.15, 0.2) is 5.82 Å². The number of rotatable bonds is 5. The summed E-state index contributed by atoms with van der Waals surface area (Å²) >= 11 is 5.17. The predicted octanol–water partition coefficient (Wildman–Crippen LogP) is 3.78. The van der Waals surface area contributed by atoms with E-state index in [0.29, 0.717) is 17.5 Å². The molecule has 6 heteroatoms. The molecule has 1 heterocycles. The van der Waals surface area contributed by atoms with Crippen LogP contribution >= 0.6 is 27.7 Å². The van der Waals surface area contributed by atoms with Crippen molar-refractivity contribution in [1.29, 1.82) is 0 Å². The zero-order chi connectivity index (χ0) is 13.8. The van der Waals surface area contributed by atoms with E-state index in [2.05, 4.69) is 32.1 Å². The van der Waals surface area contributed by atoms with Gasteiger partial charge in [0.25, 0.3) is 0 Å². The highest BCUT2D eigenvalue weighted by Crippen LogP contribution is 2.29. The van der Waals surface area contributed by atoms with Crippen LogP contribution in [-0.4, -0.2) is 10.1 Å². The molecule has 0 saturated carbocycles. The van der Waals surface area contributed by atoms with Crippen LogP contribution in [-0.2, 0) is 5.75 Å². The third-order valence-corrected chi connectivity index (χ3v) is 4.70. The highest BCUT2D eigenvalue weighted by Gasteiger charge is 2.18. The van der Waals surface area contributed by atoms with E-state index in [-0.39, 0.29) is 12.0 Å². The van der Waals surface area contributed by atoms with E-state index in [1.807, 2.05) is 32.0 Å². The van der Waals surface area contributed by atoms with Crippen LogP contribution < -0.4 is 5.73 Å². The first-order valence-corrected chi connectivity index (χ1v) is 7.81. The summed E-state index contributed by atoms with van der Waals surface area (Å²) < 4.78 is 6.27. The molecule has 0 bridgehead atoms. The van der Waals surface area contributed by atoms with Gasteiger partial charge in [-0.15, -0.1) is 11.8 Å². The Morgan fingerprint density at radius 2 is 2.11 bits per heavy atom. The summed E-state index contributed by atoms with van der Waals surface area (Å²) in [5, 5.41) is 3.96. The normalized spacial score (nSPS) is 12.9. The van der Waals surface area contributed by atoms with Crippen molar-refractivity contribution in [2.45, 2.75) is 30.5 Å². The lowest BCUT2D eigenvalue weighted by molar-refractivity contribution is 0.323. The van der Waals surface area contributed by atoms with Crippen molar-refractivity contribution in [3.63, 3.8) is 0 Å². The number of thioether (sulfide) groups is 1. The van der Waals surface area contributed by atoms with E-state index >= 15 is 0 Å². The first-order chi connectivity index (χ1) is 9.08. The van der Waals surface area contributed by atoms with Crippen molar-refractivity contribution in [2.24, 2.45) is 11.7 Å². The van der Waals surface area contributed by atoms with Crippen molar-refractivity contribution in [3.8, 4) is 0 Å². The molecule has 0 amide bonds. The maximum Gasteiger partial charge on any atom is 0.243 e. The highest BCUT2D eigenvalue weighted by molar-refractivity contribution is 9.10. The van der Waals surface area contributed by atoms with Crippen LogP contribution in [0.2, 0.25) is 0 Å². The van der Waals surface area contributed by atoms with Crippen molar-refractivity contribution in [3.05, 3.63) is 40.5 Å². The summed E-state index contributed by atoms with van der Waals surface area (Å²) in [7, 11) is 0. The van der Waals surface area contributed by atoms with Gasteiger partial charge in [-0.25, -0.2) is 0 Å². The lowest BCUT2D eigenvalue weighted by Crippen LogP contribution is -2.17. The van der Waals surface area contributed by atoms with E-state index < -0.39 is 0 Å². The summed E-state index contributed by atoms with van der Waals surface area (Å²) in [5.74, 6) is 2.13. The molecule has 1 aromatic heterocycles. The SMILES string of the molecule is CC(C)[C@@H](N)c1nc(CSc2ccccc2Br)no1. The van der Waals surface area contributed by atoms with Crippen molar-refractivity contribution in [2.75, 3.05) is 0 Å². The standard InChI is InChI=1S/C13H16BrN3OS/c1-8(2)12(15)13-16-11(17-18-13)7-19-10-6-4-3-5-9(10)14/h3-6,8,12H,7,15H2,1-2H3/t12-/m1/s1. The Bertz CT molecular complexity index is 544. The number of nitrogens with zero attached hydrogens (tertiary/aromatic N) is 2. The molecule has 0 radical (unpaired) electrons. The van der Waals surface area contributed by atoms with Gasteiger partial charge < -0.3 is 10.3 Å². The molecule has 2 aromatic rings. The summed E-state index contributed by atoms with van der Waals surface area (Å²) in [6.07, 6.45) is 0. The van der Waals surface area contributed by atoms with E-state index in [9.17, 15) is 0 Å². The molecule has 0 fully saturated rings. The predicted molar refractivity (Wildman–Crippen MR) is 79.8 cm³/mol. The minimum Gasteiger partial charge on any atom is -0.338 e. The van der Waals surface area contributed by atoms with E-state index in [0.717, 1.165) is 9.37 Å². The lowest BCUT2D eigenvalue weighted by atomic mass is 10.1. The van der Waals surface area contributed by atoms with Crippen LogP contribution in [0.3, 0.4) is 0 Å². The fraction of sp³-hybridized carbons (Fsp3) is 0.385. The van der Waals surface area contributed by atoms with Gasteiger partial charge in [0.1, 0.15) is 0 Å². The molecule has 0 aliphatic carbocycles. The highest BCUT2D eigenvalue weighted by atomic mass is 79.9. The second-order valence-electron chi connectivity index (χ2n) is 4.54. The van der Waals surface area contributed by atoms with Gasteiger partial charge in [-0.1, -0.05) is 31.1 Å². The topological polar surface area (TPSA) is 64.9 Å². The van der Waals surface area contributed by atoms with Crippen LogP contribution in [0.25, 0.3) is 0 Å². The van der Waals surface area contributed by atoms with Crippen molar-refractivity contribution < 1.29 is 4.52 Å². The maximum atomic E-state index is 5.97. The van der Waals surface area contributed by atoms with Gasteiger partial charge in [0, 0.05) is 9.37 Å². The van der Waals surface area contributed by atoms with Gasteiger partial charge in [0.05, 0.1) is 11.8 Å². The molecular weight excluding hydrogens is 326 g/mol. The number of halogens is 1. The van der Waals surface area contributed by atoms with Crippen LogP contribution in [0, 0.1) is 5.92 Å². The second kappa shape index (κ2) is 6.54. The molecule has 0 unspecified atom stereocenters. The first-order valence-electron chi connectivity index (χ1n) is 6.03. The van der Waals surface area contributed by atoms with Gasteiger partial charge in [-0.2, -0.15) is 4.98 Å². The fourth-order valence-corrected chi connectivity index (χ4v) is 2.86. The summed E-state index contributed by atoms with van der Waals surface area (Å²) in [5.41, 5.74) is 5.97. The van der Waals surface area contributed by atoms with Crippen LogP contribution in [0.4, 0.5) is 0 Å². The van der Waals surface area contributed by atoms with Crippen LogP contribution in [0.15, 0.2) is 38.2 Å². The molecule has 102 valence electrons. The number of benzene rings is 1. The second-order valence-corrected chi connectivity index (χ2v) is 6.41. The van der Waals surface area contributed by atoms with Crippen molar-refractivity contribution >= 4 is 27.7 Å². The van der Waals surface area contributed by atoms with E-state index in [1.54, 1.807) is 11.8 Å². The molecule has 0 aliphatic rings. The minimum absolute atomic E-state index is 0.199. The molecule has 2 rings (SSSR count). The molecule has 0 aliphatic heterocycles. The molecule has 19 heavy (non-hydrogen) atoms. The maximum absolute atomic E-state index is 5.97. The molecule has 0 saturated heterocycles. The Balaban J connectivity index is 1.99. The first kappa shape index (κ1) is 14.6. The number of nitrogens with two attached hydrogens (primary N) is 1. The quantitative estimate of drug-likeness (QED) is 0.838. The molecule has 1 aromatic carbocycles. The van der Waals surface area contributed by atoms with E-state index in [4.69, 9.17) is 10.3 Å². The number of hydrogen-bond acceptors (Lipinski definition) is 5. The zero-order valence-corrected chi connectivity index (χ0v) is 13.2. The average molecular weight is 342 g/mol. The van der Waals surface area contributed by atoms with E-state index in [1.165, 1.54) is 0 Å². The average Bonchev–Trinajstić information content (AvgIpc) is 2.85. The van der Waals surface area contributed by atoms with Crippen LogP contribution in [0.1, 0.15) is 31.6 Å². The van der Waals surface area contributed by atoms with Gasteiger partial charge in [0.2, 0.25) is 5.89 Å². The Hall–Kier alpha value is -0.850. The molecule has 1 atom stereocenters. The smallest absolute Gasteiger partial charge is 0.243 e. The number of hydrogen-bond donors (Lipinski definition) is 1. The molecule has 2 N–H and O–H groups in total. The molecule has 0 spiro atoms. The Labute approximate surface area is 125 Å². The fourth-order valence-electron chi connectivity index (χ4n) is 1.45. The summed E-state index contributed by atoms with van der Waals surface area (Å²) in [4.78, 5) is 5.49.